The van der Waals surface area contributed by atoms with Crippen LogP contribution in [0.4, 0.5) is 5.95 Å². The summed E-state index contributed by atoms with van der Waals surface area (Å²) in [6, 6.07) is 8.13. The third-order valence-corrected chi connectivity index (χ3v) is 4.28. The molecule has 0 aliphatic rings. The second-order valence-electron chi connectivity index (χ2n) is 6.21. The predicted octanol–water partition coefficient (Wildman–Crippen LogP) is 1.88. The van der Waals surface area contributed by atoms with Crippen molar-refractivity contribution in [3.05, 3.63) is 52.3 Å². The van der Waals surface area contributed by atoms with Crippen LogP contribution >= 0.6 is 0 Å². The number of carbonyl (C=O) groups is 1. The zero-order chi connectivity index (χ0) is 18.0. The summed E-state index contributed by atoms with van der Waals surface area (Å²) in [6.45, 7) is 6.43. The van der Waals surface area contributed by atoms with Crippen molar-refractivity contribution >= 4 is 17.6 Å². The van der Waals surface area contributed by atoms with Crippen molar-refractivity contribution < 1.29 is 4.79 Å². The number of fused-ring (bicyclic) bond motifs is 1. The number of rotatable bonds is 5. The fourth-order valence-electron chi connectivity index (χ4n) is 2.82. The van der Waals surface area contributed by atoms with Gasteiger partial charge in [0.15, 0.2) is 0 Å². The smallest absolute Gasteiger partial charge is 0.254 e. The Kier molecular flexibility index (Phi) is 4.65. The maximum Gasteiger partial charge on any atom is 0.254 e. The maximum absolute atomic E-state index is 12.2. The molecule has 3 N–H and O–H groups in total. The Labute approximate surface area is 146 Å². The fraction of sp³-hybridized carbons (Fsp3) is 0.333. The van der Waals surface area contributed by atoms with Gasteiger partial charge in [0.05, 0.1) is 0 Å². The third-order valence-electron chi connectivity index (χ3n) is 4.28. The van der Waals surface area contributed by atoms with Crippen LogP contribution in [-0.2, 0) is 17.8 Å². The van der Waals surface area contributed by atoms with Crippen LogP contribution in [0.3, 0.4) is 0 Å². The number of carbonyl (C=O) groups excluding carboxylic acids is 1. The first-order valence-corrected chi connectivity index (χ1v) is 8.24. The summed E-state index contributed by atoms with van der Waals surface area (Å²) in [6.07, 6.45) is 0.991. The largest absolute Gasteiger partial charge is 0.366 e. The van der Waals surface area contributed by atoms with Crippen molar-refractivity contribution in [2.75, 3.05) is 5.73 Å². The first-order chi connectivity index (χ1) is 11.9. The number of nitrogen functional groups attached to an aromatic ring is 1. The van der Waals surface area contributed by atoms with Crippen molar-refractivity contribution in [1.29, 1.82) is 0 Å². The molecule has 0 saturated carbocycles. The lowest BCUT2D eigenvalue weighted by Gasteiger charge is -2.10. The Hall–Kier alpha value is -2.96. The number of aryl methyl sites for hydroxylation is 3. The van der Waals surface area contributed by atoms with Crippen molar-refractivity contribution in [3.63, 3.8) is 0 Å². The van der Waals surface area contributed by atoms with E-state index in [4.69, 9.17) is 5.73 Å². The van der Waals surface area contributed by atoms with Gasteiger partial charge in [0.25, 0.3) is 5.78 Å². The molecule has 2 aromatic heterocycles. The molecule has 7 heteroatoms. The van der Waals surface area contributed by atoms with Crippen LogP contribution in [0.1, 0.15) is 34.5 Å². The van der Waals surface area contributed by atoms with Crippen LogP contribution in [0, 0.1) is 20.8 Å². The van der Waals surface area contributed by atoms with Crippen LogP contribution in [0.5, 0.6) is 0 Å². The zero-order valence-corrected chi connectivity index (χ0v) is 14.7. The average molecular weight is 338 g/mol. The van der Waals surface area contributed by atoms with Crippen molar-refractivity contribution in [2.24, 2.45) is 0 Å². The molecule has 130 valence electrons. The number of anilines is 1. The van der Waals surface area contributed by atoms with Gasteiger partial charge in [0, 0.05) is 24.4 Å². The molecular weight excluding hydrogens is 316 g/mol. The quantitative estimate of drug-likeness (QED) is 0.740. The van der Waals surface area contributed by atoms with Crippen molar-refractivity contribution in [1.82, 2.24) is 24.9 Å². The standard InChI is InChI=1S/C18H22N6O/c1-11-4-6-14(7-5-11)10-20-16(25)9-8-15-12(2)21-18-22-17(19)23-24(18)13(15)3/h4-7H,8-10H2,1-3H3,(H2,19,23)(H,20,25). The number of aromatic nitrogens is 4. The van der Waals surface area contributed by atoms with Gasteiger partial charge in [-0.05, 0) is 38.3 Å². The molecular formula is C18H22N6O. The molecule has 0 unspecified atom stereocenters. The summed E-state index contributed by atoms with van der Waals surface area (Å²) < 4.78 is 1.63. The molecule has 0 bridgehead atoms. The Morgan fingerprint density at radius 3 is 2.60 bits per heavy atom. The first-order valence-electron chi connectivity index (χ1n) is 8.24. The second kappa shape index (κ2) is 6.88. The molecule has 3 rings (SSSR count). The molecule has 0 saturated heterocycles. The Morgan fingerprint density at radius 1 is 1.16 bits per heavy atom. The van der Waals surface area contributed by atoms with E-state index in [0.29, 0.717) is 25.2 Å². The van der Waals surface area contributed by atoms with Crippen LogP contribution in [-0.4, -0.2) is 25.5 Å². The molecule has 0 atom stereocenters. The Balaban J connectivity index is 1.63. The Bertz CT molecular complexity index is 913. The van der Waals surface area contributed by atoms with Crippen LogP contribution < -0.4 is 11.1 Å². The highest BCUT2D eigenvalue weighted by Gasteiger charge is 2.13. The summed E-state index contributed by atoms with van der Waals surface area (Å²) in [5.74, 6) is 0.695. The summed E-state index contributed by atoms with van der Waals surface area (Å²) in [5, 5.41) is 7.10. The van der Waals surface area contributed by atoms with Gasteiger partial charge >= 0.3 is 0 Å². The lowest BCUT2D eigenvalue weighted by Crippen LogP contribution is -2.23. The van der Waals surface area contributed by atoms with Crippen LogP contribution in [0.2, 0.25) is 0 Å². The molecule has 0 aliphatic heterocycles. The van der Waals surface area contributed by atoms with E-state index in [1.807, 2.05) is 45.0 Å². The summed E-state index contributed by atoms with van der Waals surface area (Å²) in [4.78, 5) is 20.7. The average Bonchev–Trinajstić information content (AvgIpc) is 2.94. The highest BCUT2D eigenvalue weighted by atomic mass is 16.1. The van der Waals surface area contributed by atoms with Gasteiger partial charge in [-0.15, -0.1) is 5.10 Å². The Morgan fingerprint density at radius 2 is 1.88 bits per heavy atom. The van der Waals surface area contributed by atoms with E-state index in [0.717, 1.165) is 22.5 Å². The fourth-order valence-corrected chi connectivity index (χ4v) is 2.82. The molecule has 0 aliphatic carbocycles. The topological polar surface area (TPSA) is 98.2 Å². The minimum absolute atomic E-state index is 0.0116. The predicted molar refractivity (Wildman–Crippen MR) is 96.0 cm³/mol. The minimum Gasteiger partial charge on any atom is -0.366 e. The summed E-state index contributed by atoms with van der Waals surface area (Å²) in [5.41, 5.74) is 10.7. The number of amides is 1. The molecule has 0 fully saturated rings. The maximum atomic E-state index is 12.2. The van der Waals surface area contributed by atoms with Crippen molar-refractivity contribution in [2.45, 2.75) is 40.2 Å². The summed E-state index contributed by atoms with van der Waals surface area (Å²) in [7, 11) is 0. The van der Waals surface area contributed by atoms with Gasteiger partial charge in [0.1, 0.15) is 0 Å². The van der Waals surface area contributed by atoms with Gasteiger partial charge in [-0.25, -0.2) is 4.98 Å². The molecule has 25 heavy (non-hydrogen) atoms. The molecule has 0 radical (unpaired) electrons. The van der Waals surface area contributed by atoms with Crippen LogP contribution in [0.25, 0.3) is 5.78 Å². The van der Waals surface area contributed by atoms with Gasteiger partial charge in [0.2, 0.25) is 11.9 Å². The van der Waals surface area contributed by atoms with E-state index >= 15 is 0 Å². The lowest BCUT2D eigenvalue weighted by molar-refractivity contribution is -0.121. The SMILES string of the molecule is Cc1ccc(CNC(=O)CCc2c(C)nc3nc(N)nn3c2C)cc1. The number of nitrogens with zero attached hydrogens (tertiary/aromatic N) is 4. The number of benzene rings is 1. The van der Waals surface area contributed by atoms with E-state index in [2.05, 4.69) is 20.4 Å². The normalized spacial score (nSPS) is 11.0. The number of hydrogen-bond donors (Lipinski definition) is 2. The molecule has 0 spiro atoms. The molecule has 7 nitrogen and oxygen atoms in total. The number of nitrogens with one attached hydrogen (secondary N) is 1. The summed E-state index contributed by atoms with van der Waals surface area (Å²) >= 11 is 0. The van der Waals surface area contributed by atoms with E-state index in [1.165, 1.54) is 5.56 Å². The highest BCUT2D eigenvalue weighted by Crippen LogP contribution is 2.16. The highest BCUT2D eigenvalue weighted by molar-refractivity contribution is 5.76. The second-order valence-corrected chi connectivity index (χ2v) is 6.21. The zero-order valence-electron chi connectivity index (χ0n) is 14.7. The van der Waals surface area contributed by atoms with Crippen LogP contribution in [0.15, 0.2) is 24.3 Å². The number of nitrogens with two attached hydrogens (primary N) is 1. The molecule has 3 aromatic rings. The van der Waals surface area contributed by atoms with Crippen molar-refractivity contribution in [3.8, 4) is 0 Å². The molecule has 1 amide bonds. The lowest BCUT2D eigenvalue weighted by atomic mass is 10.1. The third kappa shape index (κ3) is 3.76. The monoisotopic (exact) mass is 338 g/mol. The molecule has 1 aromatic carbocycles. The molecule has 2 heterocycles. The van der Waals surface area contributed by atoms with E-state index in [-0.39, 0.29) is 11.9 Å². The van der Waals surface area contributed by atoms with Gasteiger partial charge in [-0.1, -0.05) is 29.8 Å². The minimum atomic E-state index is 0.0116. The van der Waals surface area contributed by atoms with E-state index < -0.39 is 0 Å². The van der Waals surface area contributed by atoms with E-state index in [1.54, 1.807) is 4.52 Å². The van der Waals surface area contributed by atoms with Gasteiger partial charge < -0.3 is 11.1 Å². The van der Waals surface area contributed by atoms with Gasteiger partial charge in [-0.2, -0.15) is 9.50 Å². The number of hydrogen-bond acceptors (Lipinski definition) is 5. The first kappa shape index (κ1) is 16.9. The van der Waals surface area contributed by atoms with E-state index in [9.17, 15) is 4.79 Å². The van der Waals surface area contributed by atoms with Gasteiger partial charge in [-0.3, -0.25) is 4.79 Å².